The van der Waals surface area contributed by atoms with Crippen LogP contribution in [0.25, 0.3) is 15.8 Å². The molecule has 2 N–H and O–H groups in total. The molecule has 0 radical (unpaired) electrons. The first-order chi connectivity index (χ1) is 14.9. The predicted octanol–water partition coefficient (Wildman–Crippen LogP) is 2.12. The van der Waals surface area contributed by atoms with Crippen molar-refractivity contribution in [3.8, 4) is 0 Å². The summed E-state index contributed by atoms with van der Waals surface area (Å²) in [5, 5.41) is 2.60. The minimum absolute atomic E-state index is 0.186. The molecule has 1 aliphatic heterocycles. The summed E-state index contributed by atoms with van der Waals surface area (Å²) in [7, 11) is 1.60. The SMILES string of the molecule is CCn1c(=O)[nH]c2cc(CN3CC=C(c4ccc(C(=O)NC)nc4C)CC3)sc2c1=O. The highest BCUT2D eigenvalue weighted by molar-refractivity contribution is 7.18. The van der Waals surface area contributed by atoms with Crippen LogP contribution in [0.5, 0.6) is 0 Å². The highest BCUT2D eigenvalue weighted by atomic mass is 32.1. The third-order valence-electron chi connectivity index (χ3n) is 5.59. The lowest BCUT2D eigenvalue weighted by molar-refractivity contribution is 0.0958. The first-order valence-corrected chi connectivity index (χ1v) is 11.1. The Hall–Kier alpha value is -3.04. The number of nitrogens with one attached hydrogen (secondary N) is 2. The Kier molecular flexibility index (Phi) is 5.88. The van der Waals surface area contributed by atoms with Crippen molar-refractivity contribution in [2.24, 2.45) is 0 Å². The minimum atomic E-state index is -0.360. The average Bonchev–Trinajstić information content (AvgIpc) is 3.16. The fraction of sp³-hybridized carbons (Fsp3) is 0.364. The number of hydrogen-bond acceptors (Lipinski definition) is 6. The maximum absolute atomic E-state index is 12.5. The molecule has 0 bridgehead atoms. The van der Waals surface area contributed by atoms with Gasteiger partial charge in [-0.25, -0.2) is 9.78 Å². The Morgan fingerprint density at radius 1 is 1.32 bits per heavy atom. The molecular weight excluding hydrogens is 414 g/mol. The van der Waals surface area contributed by atoms with Crippen molar-refractivity contribution in [2.75, 3.05) is 20.1 Å². The van der Waals surface area contributed by atoms with Crippen LogP contribution in [0.3, 0.4) is 0 Å². The lowest BCUT2D eigenvalue weighted by Gasteiger charge is -2.26. The monoisotopic (exact) mass is 439 g/mol. The Morgan fingerprint density at radius 3 is 2.77 bits per heavy atom. The van der Waals surface area contributed by atoms with Crippen LogP contribution < -0.4 is 16.6 Å². The van der Waals surface area contributed by atoms with Gasteiger partial charge in [0.15, 0.2) is 0 Å². The molecule has 162 valence electrons. The van der Waals surface area contributed by atoms with Gasteiger partial charge in [-0.2, -0.15) is 0 Å². The fourth-order valence-corrected chi connectivity index (χ4v) is 5.03. The molecule has 0 atom stereocenters. The van der Waals surface area contributed by atoms with Crippen LogP contribution in [0.1, 0.15) is 40.0 Å². The molecule has 0 fully saturated rings. The molecule has 3 aromatic heterocycles. The number of rotatable bonds is 5. The fourth-order valence-electron chi connectivity index (χ4n) is 3.93. The number of H-pyrrole nitrogens is 1. The number of fused-ring (bicyclic) bond motifs is 1. The van der Waals surface area contributed by atoms with Gasteiger partial charge in [-0.05, 0) is 43.5 Å². The predicted molar refractivity (Wildman–Crippen MR) is 123 cm³/mol. The number of aromatic nitrogens is 3. The summed E-state index contributed by atoms with van der Waals surface area (Å²) in [6.45, 7) is 6.47. The van der Waals surface area contributed by atoms with Gasteiger partial charge >= 0.3 is 5.69 Å². The topological polar surface area (TPSA) is 100 Å². The number of aromatic amines is 1. The third-order valence-corrected chi connectivity index (χ3v) is 6.70. The van der Waals surface area contributed by atoms with E-state index in [4.69, 9.17) is 0 Å². The van der Waals surface area contributed by atoms with Crippen molar-refractivity contribution in [3.63, 3.8) is 0 Å². The molecule has 3 aromatic rings. The third kappa shape index (κ3) is 4.11. The van der Waals surface area contributed by atoms with Crippen LogP contribution in [0.15, 0.2) is 33.9 Å². The Morgan fingerprint density at radius 2 is 2.13 bits per heavy atom. The summed E-state index contributed by atoms with van der Waals surface area (Å²) in [5.74, 6) is -0.186. The standard InChI is InChI=1S/C22H25N5O3S/c1-4-27-21(29)19-18(25-22(27)30)11-15(31-19)12-26-9-7-14(8-10-26)16-5-6-17(20(28)23-3)24-13(16)2/h5-7,11H,4,8-10,12H2,1-3H3,(H,23,28)(H,25,30). The van der Waals surface area contributed by atoms with Crippen LogP contribution in [-0.4, -0.2) is 45.5 Å². The van der Waals surface area contributed by atoms with Crippen LogP contribution in [0, 0.1) is 6.92 Å². The van der Waals surface area contributed by atoms with Crippen molar-refractivity contribution in [3.05, 3.63) is 66.9 Å². The van der Waals surface area contributed by atoms with Crippen molar-refractivity contribution in [1.82, 2.24) is 24.8 Å². The quantitative estimate of drug-likeness (QED) is 0.634. The number of nitrogens with zero attached hydrogens (tertiary/aromatic N) is 3. The molecular formula is C22H25N5O3S. The van der Waals surface area contributed by atoms with E-state index in [1.807, 2.05) is 19.1 Å². The van der Waals surface area contributed by atoms with Gasteiger partial charge in [0.2, 0.25) is 0 Å². The van der Waals surface area contributed by atoms with Gasteiger partial charge in [-0.15, -0.1) is 11.3 Å². The van der Waals surface area contributed by atoms with E-state index < -0.39 is 0 Å². The van der Waals surface area contributed by atoms with E-state index in [1.165, 1.54) is 21.5 Å². The molecule has 0 unspecified atom stereocenters. The Bertz CT molecular complexity index is 1300. The molecule has 0 aliphatic carbocycles. The zero-order valence-corrected chi connectivity index (χ0v) is 18.6. The summed E-state index contributed by atoms with van der Waals surface area (Å²) in [4.78, 5) is 46.9. The highest BCUT2D eigenvalue weighted by Gasteiger charge is 2.18. The maximum Gasteiger partial charge on any atom is 0.328 e. The first-order valence-electron chi connectivity index (χ1n) is 10.3. The molecule has 8 nitrogen and oxygen atoms in total. The van der Waals surface area contributed by atoms with Gasteiger partial charge in [0.1, 0.15) is 10.4 Å². The smallest absolute Gasteiger partial charge is 0.328 e. The zero-order chi connectivity index (χ0) is 22.1. The van der Waals surface area contributed by atoms with Crippen molar-refractivity contribution in [2.45, 2.75) is 33.4 Å². The van der Waals surface area contributed by atoms with Gasteiger partial charge in [-0.3, -0.25) is 19.1 Å². The molecule has 9 heteroatoms. The molecule has 0 spiro atoms. The van der Waals surface area contributed by atoms with Crippen molar-refractivity contribution in [1.29, 1.82) is 0 Å². The summed E-state index contributed by atoms with van der Waals surface area (Å²) < 4.78 is 1.83. The van der Waals surface area contributed by atoms with Gasteiger partial charge in [0, 0.05) is 43.8 Å². The molecule has 0 saturated heterocycles. The summed E-state index contributed by atoms with van der Waals surface area (Å²) >= 11 is 1.45. The second kappa shape index (κ2) is 8.60. The number of thiophene rings is 1. The highest BCUT2D eigenvalue weighted by Crippen LogP contribution is 2.27. The zero-order valence-electron chi connectivity index (χ0n) is 17.8. The van der Waals surface area contributed by atoms with Crippen LogP contribution in [0.4, 0.5) is 0 Å². The van der Waals surface area contributed by atoms with Crippen molar-refractivity contribution >= 4 is 33.0 Å². The van der Waals surface area contributed by atoms with Crippen molar-refractivity contribution < 1.29 is 4.79 Å². The molecule has 4 rings (SSSR count). The van der Waals surface area contributed by atoms with Crippen LogP contribution >= 0.6 is 11.3 Å². The van der Waals surface area contributed by atoms with Crippen LogP contribution in [0.2, 0.25) is 0 Å². The van der Waals surface area contributed by atoms with E-state index in [1.54, 1.807) is 20.0 Å². The summed E-state index contributed by atoms with van der Waals surface area (Å²) in [6, 6.07) is 5.64. The van der Waals surface area contributed by atoms with E-state index in [9.17, 15) is 14.4 Å². The normalized spacial score (nSPS) is 14.6. The minimum Gasteiger partial charge on any atom is -0.354 e. The Labute approximate surface area is 183 Å². The molecule has 31 heavy (non-hydrogen) atoms. The molecule has 0 aromatic carbocycles. The number of carbonyl (C=O) groups excluding carboxylic acids is 1. The maximum atomic E-state index is 12.5. The number of carbonyl (C=O) groups is 1. The largest absolute Gasteiger partial charge is 0.354 e. The molecule has 4 heterocycles. The lowest BCUT2D eigenvalue weighted by Crippen LogP contribution is -2.33. The first kappa shape index (κ1) is 21.2. The number of amides is 1. The lowest BCUT2D eigenvalue weighted by atomic mass is 9.98. The van der Waals surface area contributed by atoms with E-state index in [0.29, 0.717) is 22.5 Å². The van der Waals surface area contributed by atoms with E-state index in [-0.39, 0.29) is 17.2 Å². The Balaban J connectivity index is 1.50. The second-order valence-electron chi connectivity index (χ2n) is 7.56. The van der Waals surface area contributed by atoms with Gasteiger partial charge in [-0.1, -0.05) is 12.1 Å². The average molecular weight is 440 g/mol. The van der Waals surface area contributed by atoms with Gasteiger partial charge in [0.25, 0.3) is 11.5 Å². The van der Waals surface area contributed by atoms with E-state index in [2.05, 4.69) is 26.3 Å². The second-order valence-corrected chi connectivity index (χ2v) is 8.69. The number of aryl methyl sites for hydroxylation is 1. The molecule has 1 aliphatic rings. The summed E-state index contributed by atoms with van der Waals surface area (Å²) in [6.07, 6.45) is 3.08. The van der Waals surface area contributed by atoms with Gasteiger partial charge in [0.05, 0.1) is 5.52 Å². The van der Waals surface area contributed by atoms with E-state index in [0.717, 1.165) is 42.2 Å². The molecule has 0 saturated carbocycles. The number of pyridine rings is 1. The van der Waals surface area contributed by atoms with Gasteiger partial charge < -0.3 is 10.3 Å². The van der Waals surface area contributed by atoms with Crippen LogP contribution in [-0.2, 0) is 13.1 Å². The molecule has 1 amide bonds. The number of hydrogen-bond donors (Lipinski definition) is 2. The summed E-state index contributed by atoms with van der Waals surface area (Å²) in [5.41, 5.74) is 3.62. The van der Waals surface area contributed by atoms with E-state index >= 15 is 0 Å².